The Balaban J connectivity index is 2.51. The maximum Gasteiger partial charge on any atom is 0.391 e. The standard InChI is InChI=1S/C8H12BrF3/c1-5-4-6(8(10,11)12)2-3-7(5)9/h5-7H,2-4H2,1H3. The first-order chi connectivity index (χ1) is 5.41. The predicted octanol–water partition coefficient (Wildman–Crippen LogP) is 3.75. The first-order valence-electron chi connectivity index (χ1n) is 4.12. The summed E-state index contributed by atoms with van der Waals surface area (Å²) in [4.78, 5) is 0.274. The minimum atomic E-state index is -3.98. The highest BCUT2D eigenvalue weighted by Crippen LogP contribution is 2.41. The van der Waals surface area contributed by atoms with E-state index in [0.29, 0.717) is 6.42 Å². The summed E-state index contributed by atoms with van der Waals surface area (Å²) in [5, 5.41) is 0. The van der Waals surface area contributed by atoms with Crippen molar-refractivity contribution in [3.63, 3.8) is 0 Å². The molecule has 4 heteroatoms. The molecule has 1 saturated carbocycles. The second-order valence-corrected chi connectivity index (χ2v) is 4.72. The summed E-state index contributed by atoms with van der Waals surface area (Å²) in [6.45, 7) is 1.87. The van der Waals surface area contributed by atoms with Crippen molar-refractivity contribution < 1.29 is 13.2 Å². The zero-order valence-corrected chi connectivity index (χ0v) is 8.45. The highest BCUT2D eigenvalue weighted by Gasteiger charge is 2.43. The molecule has 12 heavy (non-hydrogen) atoms. The molecule has 0 N–H and O–H groups in total. The molecule has 0 radical (unpaired) electrons. The first kappa shape index (κ1) is 10.4. The fourth-order valence-corrected chi connectivity index (χ4v) is 2.14. The van der Waals surface area contributed by atoms with Gasteiger partial charge in [-0.25, -0.2) is 0 Å². The summed E-state index contributed by atoms with van der Waals surface area (Å²) in [7, 11) is 0. The zero-order valence-electron chi connectivity index (χ0n) is 6.87. The molecule has 0 aromatic carbocycles. The molecule has 0 amide bonds. The van der Waals surface area contributed by atoms with E-state index in [1.807, 2.05) is 6.92 Å². The molecule has 1 aliphatic rings. The molecule has 1 aliphatic carbocycles. The van der Waals surface area contributed by atoms with Crippen LogP contribution in [0.1, 0.15) is 26.2 Å². The van der Waals surface area contributed by atoms with Crippen molar-refractivity contribution in [3.8, 4) is 0 Å². The van der Waals surface area contributed by atoms with E-state index in [1.54, 1.807) is 0 Å². The Morgan fingerprint density at radius 1 is 1.25 bits per heavy atom. The highest BCUT2D eigenvalue weighted by atomic mass is 79.9. The van der Waals surface area contributed by atoms with E-state index in [1.165, 1.54) is 0 Å². The Bertz CT molecular complexity index is 155. The van der Waals surface area contributed by atoms with Gasteiger partial charge in [-0.3, -0.25) is 0 Å². The largest absolute Gasteiger partial charge is 0.391 e. The van der Waals surface area contributed by atoms with E-state index in [-0.39, 0.29) is 23.6 Å². The molecule has 72 valence electrons. The fourth-order valence-electron chi connectivity index (χ4n) is 1.66. The maximum absolute atomic E-state index is 12.2. The molecule has 3 unspecified atom stereocenters. The molecule has 0 saturated heterocycles. The molecule has 1 rings (SSSR count). The second kappa shape index (κ2) is 3.56. The van der Waals surface area contributed by atoms with Crippen molar-refractivity contribution in [2.75, 3.05) is 0 Å². The van der Waals surface area contributed by atoms with Gasteiger partial charge in [-0.2, -0.15) is 13.2 Å². The van der Waals surface area contributed by atoms with Crippen LogP contribution in [0.5, 0.6) is 0 Å². The molecular weight excluding hydrogens is 233 g/mol. The van der Waals surface area contributed by atoms with Crippen LogP contribution in [0, 0.1) is 11.8 Å². The lowest BCUT2D eigenvalue weighted by atomic mass is 9.82. The van der Waals surface area contributed by atoms with Crippen molar-refractivity contribution in [2.24, 2.45) is 11.8 Å². The van der Waals surface area contributed by atoms with E-state index in [4.69, 9.17) is 0 Å². The van der Waals surface area contributed by atoms with Gasteiger partial charge in [0, 0.05) is 4.83 Å². The molecule has 0 nitrogen and oxygen atoms in total. The van der Waals surface area contributed by atoms with E-state index in [9.17, 15) is 13.2 Å². The van der Waals surface area contributed by atoms with Gasteiger partial charge < -0.3 is 0 Å². The molecule has 0 aromatic rings. The van der Waals surface area contributed by atoms with Crippen LogP contribution in [0.25, 0.3) is 0 Å². The smallest absolute Gasteiger partial charge is 0.171 e. The summed E-state index contributed by atoms with van der Waals surface area (Å²) >= 11 is 3.38. The van der Waals surface area contributed by atoms with Gasteiger partial charge in [-0.05, 0) is 25.2 Å². The highest BCUT2D eigenvalue weighted by molar-refractivity contribution is 9.09. The average molecular weight is 245 g/mol. The number of hydrogen-bond acceptors (Lipinski definition) is 0. The monoisotopic (exact) mass is 244 g/mol. The Kier molecular flexibility index (Phi) is 3.07. The van der Waals surface area contributed by atoms with Gasteiger partial charge >= 0.3 is 6.18 Å². The number of alkyl halides is 4. The Labute approximate surface area is 78.7 Å². The third-order valence-corrected chi connectivity index (χ3v) is 3.89. The number of rotatable bonds is 0. The summed E-state index contributed by atoms with van der Waals surface area (Å²) < 4.78 is 36.7. The minimum Gasteiger partial charge on any atom is -0.171 e. The number of hydrogen-bond donors (Lipinski definition) is 0. The SMILES string of the molecule is CC1CC(C(F)(F)F)CCC1Br. The van der Waals surface area contributed by atoms with Crippen LogP contribution in [0.15, 0.2) is 0 Å². The van der Waals surface area contributed by atoms with Gasteiger partial charge in [0.25, 0.3) is 0 Å². The molecule has 0 spiro atoms. The normalized spacial score (nSPS) is 38.2. The molecule has 0 aliphatic heterocycles. The fraction of sp³-hybridized carbons (Fsp3) is 1.00. The zero-order chi connectivity index (χ0) is 9.35. The average Bonchev–Trinajstić information content (AvgIpc) is 1.92. The Morgan fingerprint density at radius 3 is 2.25 bits per heavy atom. The summed E-state index contributed by atoms with van der Waals surface area (Å²) in [6, 6.07) is 0. The summed E-state index contributed by atoms with van der Waals surface area (Å²) in [5.74, 6) is -0.924. The van der Waals surface area contributed by atoms with Crippen LogP contribution < -0.4 is 0 Å². The molecule has 0 bridgehead atoms. The number of halogens is 4. The van der Waals surface area contributed by atoms with Gasteiger partial charge in [0.2, 0.25) is 0 Å². The van der Waals surface area contributed by atoms with Gasteiger partial charge in [0.05, 0.1) is 5.92 Å². The maximum atomic E-state index is 12.2. The molecule has 0 aromatic heterocycles. The van der Waals surface area contributed by atoms with Crippen molar-refractivity contribution in [2.45, 2.75) is 37.2 Å². The van der Waals surface area contributed by atoms with Gasteiger partial charge in [-0.1, -0.05) is 22.9 Å². The topological polar surface area (TPSA) is 0 Å². The van der Waals surface area contributed by atoms with E-state index in [0.717, 1.165) is 0 Å². The molecular formula is C8H12BrF3. The van der Waals surface area contributed by atoms with E-state index < -0.39 is 12.1 Å². The van der Waals surface area contributed by atoms with Gasteiger partial charge in [-0.15, -0.1) is 0 Å². The van der Waals surface area contributed by atoms with Crippen molar-refractivity contribution >= 4 is 15.9 Å². The molecule has 1 fully saturated rings. The molecule has 0 heterocycles. The van der Waals surface area contributed by atoms with Crippen LogP contribution in [-0.4, -0.2) is 11.0 Å². The summed E-state index contributed by atoms with van der Waals surface area (Å²) in [5.41, 5.74) is 0. The van der Waals surface area contributed by atoms with Crippen LogP contribution in [0.3, 0.4) is 0 Å². The third kappa shape index (κ3) is 2.38. The van der Waals surface area contributed by atoms with Gasteiger partial charge in [0.15, 0.2) is 0 Å². The first-order valence-corrected chi connectivity index (χ1v) is 5.03. The minimum absolute atomic E-state index is 0.144. The van der Waals surface area contributed by atoms with Crippen LogP contribution in [-0.2, 0) is 0 Å². The third-order valence-electron chi connectivity index (χ3n) is 2.53. The summed E-state index contributed by atoms with van der Waals surface area (Å²) in [6.07, 6.45) is -2.78. The lowest BCUT2D eigenvalue weighted by Gasteiger charge is -2.31. The van der Waals surface area contributed by atoms with Crippen LogP contribution >= 0.6 is 15.9 Å². The van der Waals surface area contributed by atoms with Crippen LogP contribution in [0.4, 0.5) is 13.2 Å². The quantitative estimate of drug-likeness (QED) is 0.570. The van der Waals surface area contributed by atoms with Crippen molar-refractivity contribution in [1.29, 1.82) is 0 Å². The lowest BCUT2D eigenvalue weighted by Crippen LogP contribution is -2.32. The van der Waals surface area contributed by atoms with E-state index >= 15 is 0 Å². The predicted molar refractivity (Wildman–Crippen MR) is 45.3 cm³/mol. The van der Waals surface area contributed by atoms with Gasteiger partial charge in [0.1, 0.15) is 0 Å². The Morgan fingerprint density at radius 2 is 1.83 bits per heavy atom. The Hall–Kier alpha value is 0.270. The second-order valence-electron chi connectivity index (χ2n) is 3.54. The van der Waals surface area contributed by atoms with Crippen molar-refractivity contribution in [1.82, 2.24) is 0 Å². The van der Waals surface area contributed by atoms with E-state index in [2.05, 4.69) is 15.9 Å². The lowest BCUT2D eigenvalue weighted by molar-refractivity contribution is -0.184. The van der Waals surface area contributed by atoms with Crippen LogP contribution in [0.2, 0.25) is 0 Å². The molecule has 3 atom stereocenters. The van der Waals surface area contributed by atoms with Crippen molar-refractivity contribution in [3.05, 3.63) is 0 Å².